The zero-order valence-corrected chi connectivity index (χ0v) is 14.6. The quantitative estimate of drug-likeness (QED) is 0.785. The highest BCUT2D eigenvalue weighted by Crippen LogP contribution is 2.30. The van der Waals surface area contributed by atoms with E-state index in [-0.39, 0.29) is 11.8 Å². The van der Waals surface area contributed by atoms with E-state index < -0.39 is 0 Å². The molecule has 23 heavy (non-hydrogen) atoms. The summed E-state index contributed by atoms with van der Waals surface area (Å²) in [6, 6.07) is 2.09. The number of carbonyl (C=O) groups excluding carboxylic acids is 1. The number of morpholine rings is 1. The molecule has 0 spiro atoms. The number of hydrogen-bond donors (Lipinski definition) is 1. The molecule has 1 unspecified atom stereocenters. The Kier molecular flexibility index (Phi) is 6.39. The number of anilines is 1. The van der Waals surface area contributed by atoms with Gasteiger partial charge < -0.3 is 15.4 Å². The fraction of sp³-hybridized carbons (Fsp3) is 0.667. The van der Waals surface area contributed by atoms with Gasteiger partial charge in [-0.3, -0.25) is 4.79 Å². The minimum Gasteiger partial charge on any atom is -0.378 e. The first-order chi connectivity index (χ1) is 11.0. The van der Waals surface area contributed by atoms with Crippen molar-refractivity contribution in [2.45, 2.75) is 52.4 Å². The topological polar surface area (TPSA) is 68.5 Å². The van der Waals surface area contributed by atoms with Crippen molar-refractivity contribution in [2.24, 2.45) is 5.73 Å². The third kappa shape index (κ3) is 4.44. The molecular formula is C18H29N3O2. The highest BCUT2D eigenvalue weighted by atomic mass is 16.5. The molecule has 1 aromatic rings. The normalized spacial score (nSPS) is 16.4. The van der Waals surface area contributed by atoms with Crippen molar-refractivity contribution in [3.63, 3.8) is 0 Å². The number of amides is 1. The lowest BCUT2D eigenvalue weighted by Crippen LogP contribution is -2.37. The lowest BCUT2D eigenvalue weighted by atomic mass is 9.88. The maximum atomic E-state index is 12.0. The molecule has 2 N–H and O–H groups in total. The highest BCUT2D eigenvalue weighted by Gasteiger charge is 2.24. The van der Waals surface area contributed by atoms with Crippen molar-refractivity contribution >= 4 is 11.7 Å². The minimum absolute atomic E-state index is 0.229. The van der Waals surface area contributed by atoms with E-state index in [4.69, 9.17) is 15.5 Å². The Morgan fingerprint density at radius 3 is 2.61 bits per heavy atom. The second-order valence-corrected chi connectivity index (χ2v) is 6.35. The molecule has 1 amide bonds. The van der Waals surface area contributed by atoms with Crippen molar-refractivity contribution in [1.29, 1.82) is 0 Å². The van der Waals surface area contributed by atoms with E-state index in [0.717, 1.165) is 74.6 Å². The Bertz CT molecular complexity index is 516. The van der Waals surface area contributed by atoms with Crippen molar-refractivity contribution in [3.05, 3.63) is 22.9 Å². The zero-order valence-electron chi connectivity index (χ0n) is 14.6. The van der Waals surface area contributed by atoms with Crippen LogP contribution in [-0.4, -0.2) is 37.2 Å². The third-order valence-corrected chi connectivity index (χ3v) is 4.57. The summed E-state index contributed by atoms with van der Waals surface area (Å²) in [5, 5.41) is 0. The van der Waals surface area contributed by atoms with Crippen molar-refractivity contribution in [1.82, 2.24) is 4.98 Å². The predicted molar refractivity (Wildman–Crippen MR) is 92.8 cm³/mol. The minimum atomic E-state index is -0.242. The van der Waals surface area contributed by atoms with E-state index in [2.05, 4.69) is 24.8 Å². The Labute approximate surface area is 139 Å². The molecule has 5 nitrogen and oxygen atoms in total. The van der Waals surface area contributed by atoms with E-state index >= 15 is 0 Å². The number of ether oxygens (including phenoxy) is 1. The summed E-state index contributed by atoms with van der Waals surface area (Å²) >= 11 is 0. The summed E-state index contributed by atoms with van der Waals surface area (Å²) in [4.78, 5) is 18.9. The average molecular weight is 319 g/mol. The van der Waals surface area contributed by atoms with E-state index in [0.29, 0.717) is 0 Å². The molecule has 1 saturated heterocycles. The second kappa shape index (κ2) is 8.29. The summed E-state index contributed by atoms with van der Waals surface area (Å²) in [5.41, 5.74) is 8.73. The Morgan fingerprint density at radius 1 is 1.35 bits per heavy atom. The molecule has 0 aliphatic carbocycles. The molecule has 1 aromatic heterocycles. The van der Waals surface area contributed by atoms with Crippen LogP contribution in [0, 0.1) is 13.8 Å². The molecule has 0 aromatic carbocycles. The van der Waals surface area contributed by atoms with Crippen molar-refractivity contribution in [3.8, 4) is 0 Å². The van der Waals surface area contributed by atoms with Crippen LogP contribution in [0.1, 0.15) is 55.3 Å². The number of hydrogen-bond acceptors (Lipinski definition) is 4. The summed E-state index contributed by atoms with van der Waals surface area (Å²) in [7, 11) is 0. The Hall–Kier alpha value is -1.62. The standard InChI is InChI=1S/C18H29N3O2/c1-4-5-6-7-15(18(19)22)17-13(2)12-16(20-14(17)3)21-8-10-23-11-9-21/h12,15H,4-11H2,1-3H3,(H2,19,22). The monoisotopic (exact) mass is 319 g/mol. The van der Waals surface area contributed by atoms with Crippen LogP contribution in [0.2, 0.25) is 0 Å². The smallest absolute Gasteiger partial charge is 0.225 e. The molecule has 0 radical (unpaired) electrons. The van der Waals surface area contributed by atoms with Crippen LogP contribution in [0.15, 0.2) is 6.07 Å². The fourth-order valence-electron chi connectivity index (χ4n) is 3.33. The fourth-order valence-corrected chi connectivity index (χ4v) is 3.33. The summed E-state index contributed by atoms with van der Waals surface area (Å²) in [5.74, 6) is 0.504. The van der Waals surface area contributed by atoms with Gasteiger partial charge in [0.25, 0.3) is 0 Å². The highest BCUT2D eigenvalue weighted by molar-refractivity contribution is 5.82. The summed E-state index contributed by atoms with van der Waals surface area (Å²) in [6.45, 7) is 9.41. The molecule has 2 rings (SSSR count). The van der Waals surface area contributed by atoms with Gasteiger partial charge in [-0.2, -0.15) is 0 Å². The maximum absolute atomic E-state index is 12.0. The number of pyridine rings is 1. The number of nitrogens with two attached hydrogens (primary N) is 1. The van der Waals surface area contributed by atoms with Gasteiger partial charge in [0.15, 0.2) is 0 Å². The Balaban J connectivity index is 2.25. The lowest BCUT2D eigenvalue weighted by Gasteiger charge is -2.29. The Morgan fingerprint density at radius 2 is 2.04 bits per heavy atom. The first-order valence-corrected chi connectivity index (χ1v) is 8.64. The molecule has 1 fully saturated rings. The molecular weight excluding hydrogens is 290 g/mol. The predicted octanol–water partition coefficient (Wildman–Crippen LogP) is 2.68. The van der Waals surface area contributed by atoms with Crippen LogP contribution in [0.3, 0.4) is 0 Å². The summed E-state index contributed by atoms with van der Waals surface area (Å²) in [6.07, 6.45) is 4.09. The van der Waals surface area contributed by atoms with Crippen molar-refractivity contribution in [2.75, 3.05) is 31.2 Å². The van der Waals surface area contributed by atoms with Gasteiger partial charge in [-0.15, -0.1) is 0 Å². The van der Waals surface area contributed by atoms with Crippen LogP contribution >= 0.6 is 0 Å². The first kappa shape index (κ1) is 17.7. The van der Waals surface area contributed by atoms with Gasteiger partial charge >= 0.3 is 0 Å². The molecule has 1 aliphatic rings. The van der Waals surface area contributed by atoms with Crippen LogP contribution in [0.4, 0.5) is 5.82 Å². The van der Waals surface area contributed by atoms with Crippen LogP contribution in [0.25, 0.3) is 0 Å². The first-order valence-electron chi connectivity index (χ1n) is 8.64. The van der Waals surface area contributed by atoms with E-state index in [1.54, 1.807) is 0 Å². The van der Waals surface area contributed by atoms with Gasteiger partial charge in [-0.25, -0.2) is 4.98 Å². The third-order valence-electron chi connectivity index (χ3n) is 4.57. The van der Waals surface area contributed by atoms with E-state index in [1.807, 2.05) is 6.92 Å². The van der Waals surface area contributed by atoms with Crippen LogP contribution in [0.5, 0.6) is 0 Å². The molecule has 0 saturated carbocycles. The van der Waals surface area contributed by atoms with Gasteiger partial charge in [0, 0.05) is 18.8 Å². The SMILES string of the molecule is CCCCCC(C(N)=O)c1c(C)cc(N2CCOCC2)nc1C. The molecule has 0 bridgehead atoms. The number of rotatable bonds is 7. The molecule has 2 heterocycles. The number of primary amides is 1. The van der Waals surface area contributed by atoms with Gasteiger partial charge in [0.05, 0.1) is 19.1 Å². The molecule has 5 heteroatoms. The van der Waals surface area contributed by atoms with E-state index in [1.165, 1.54) is 0 Å². The van der Waals surface area contributed by atoms with Gasteiger partial charge in [-0.1, -0.05) is 26.2 Å². The lowest BCUT2D eigenvalue weighted by molar-refractivity contribution is -0.119. The average Bonchev–Trinajstić information content (AvgIpc) is 2.53. The molecule has 128 valence electrons. The maximum Gasteiger partial charge on any atom is 0.225 e. The number of unbranched alkanes of at least 4 members (excludes halogenated alkanes) is 2. The van der Waals surface area contributed by atoms with Crippen LogP contribution in [-0.2, 0) is 9.53 Å². The molecule has 1 aliphatic heterocycles. The number of carbonyl (C=O) groups is 1. The largest absolute Gasteiger partial charge is 0.378 e. The van der Waals surface area contributed by atoms with E-state index in [9.17, 15) is 4.79 Å². The number of nitrogens with zero attached hydrogens (tertiary/aromatic N) is 2. The second-order valence-electron chi connectivity index (χ2n) is 6.35. The number of aryl methyl sites for hydroxylation is 2. The van der Waals surface area contributed by atoms with Crippen LogP contribution < -0.4 is 10.6 Å². The van der Waals surface area contributed by atoms with Gasteiger partial charge in [0.1, 0.15) is 5.82 Å². The summed E-state index contributed by atoms with van der Waals surface area (Å²) < 4.78 is 5.40. The number of aromatic nitrogens is 1. The molecule has 1 atom stereocenters. The van der Waals surface area contributed by atoms with Gasteiger partial charge in [0.2, 0.25) is 5.91 Å². The zero-order chi connectivity index (χ0) is 16.8. The van der Waals surface area contributed by atoms with Gasteiger partial charge in [-0.05, 0) is 37.5 Å². The van der Waals surface area contributed by atoms with Crippen molar-refractivity contribution < 1.29 is 9.53 Å².